The molecule has 160 valence electrons. The van der Waals surface area contributed by atoms with E-state index in [0.29, 0.717) is 16.7 Å². The van der Waals surface area contributed by atoms with Gasteiger partial charge in [-0.2, -0.15) is 18.3 Å². The second-order valence-electron chi connectivity index (χ2n) is 6.88. The van der Waals surface area contributed by atoms with Gasteiger partial charge < -0.3 is 10.4 Å². The minimum Gasteiger partial charge on any atom is -0.504 e. The number of imidazole rings is 1. The number of nitrogens with zero attached hydrogens (tertiary/aromatic N) is 4. The summed E-state index contributed by atoms with van der Waals surface area (Å²) in [7, 11) is 3.20. The molecule has 31 heavy (non-hydrogen) atoms. The van der Waals surface area contributed by atoms with E-state index in [0.717, 1.165) is 16.9 Å². The molecule has 0 aliphatic rings. The molecule has 1 amide bonds. The zero-order valence-corrected chi connectivity index (χ0v) is 16.3. The SMILES string of the molecule is Cn1c(=O)n(C)c2cc(NC(=O)c3nn(-c4ccccc4C(F)(F)F)cc3O)ccc21. The molecule has 2 aromatic heterocycles. The van der Waals surface area contributed by atoms with Gasteiger partial charge in [-0.05, 0) is 30.3 Å². The Labute approximate surface area is 172 Å². The molecule has 11 heteroatoms. The first kappa shape index (κ1) is 20.3. The lowest BCUT2D eigenvalue weighted by molar-refractivity contribution is -0.137. The summed E-state index contributed by atoms with van der Waals surface area (Å²) < 4.78 is 43.5. The fourth-order valence-electron chi connectivity index (χ4n) is 3.34. The van der Waals surface area contributed by atoms with Gasteiger partial charge in [0.05, 0.1) is 28.5 Å². The van der Waals surface area contributed by atoms with Crippen LogP contribution in [0.15, 0.2) is 53.5 Å². The van der Waals surface area contributed by atoms with Crippen LogP contribution in [0.2, 0.25) is 0 Å². The topological polar surface area (TPSA) is 94.1 Å². The van der Waals surface area contributed by atoms with Crippen LogP contribution in [0.5, 0.6) is 5.75 Å². The molecule has 0 unspecified atom stereocenters. The molecule has 0 saturated heterocycles. The van der Waals surface area contributed by atoms with Gasteiger partial charge in [0.15, 0.2) is 11.4 Å². The molecule has 0 radical (unpaired) electrons. The number of aromatic nitrogens is 4. The summed E-state index contributed by atoms with van der Waals surface area (Å²) in [4.78, 5) is 24.6. The maximum absolute atomic E-state index is 13.3. The maximum atomic E-state index is 13.3. The Balaban J connectivity index is 1.67. The summed E-state index contributed by atoms with van der Waals surface area (Å²) in [5.74, 6) is -1.40. The Morgan fingerprint density at radius 1 is 1.06 bits per heavy atom. The molecule has 0 fully saturated rings. The lowest BCUT2D eigenvalue weighted by atomic mass is 10.2. The molecule has 0 aliphatic heterocycles. The summed E-state index contributed by atoms with van der Waals surface area (Å²) in [6.07, 6.45) is -3.70. The average Bonchev–Trinajstić information content (AvgIpc) is 3.21. The van der Waals surface area contributed by atoms with Crippen LogP contribution in [-0.2, 0) is 20.3 Å². The maximum Gasteiger partial charge on any atom is 0.418 e. The zero-order valence-electron chi connectivity index (χ0n) is 16.3. The van der Waals surface area contributed by atoms with E-state index < -0.39 is 29.1 Å². The number of aryl methyl sites for hydroxylation is 2. The minimum atomic E-state index is -4.64. The number of halogens is 3. The van der Waals surface area contributed by atoms with Crippen LogP contribution in [0.1, 0.15) is 16.1 Å². The van der Waals surface area contributed by atoms with Crippen LogP contribution < -0.4 is 11.0 Å². The number of alkyl halides is 3. The van der Waals surface area contributed by atoms with Gasteiger partial charge >= 0.3 is 11.9 Å². The molecule has 0 saturated carbocycles. The van der Waals surface area contributed by atoms with Crippen molar-refractivity contribution in [1.29, 1.82) is 0 Å². The number of amides is 1. The number of rotatable bonds is 3. The Morgan fingerprint density at radius 3 is 2.45 bits per heavy atom. The minimum absolute atomic E-state index is 0.238. The Hall–Kier alpha value is -4.02. The number of carbonyl (C=O) groups is 1. The predicted octanol–water partition coefficient (Wildman–Crippen LogP) is 3.04. The number of benzene rings is 2. The quantitative estimate of drug-likeness (QED) is 0.522. The number of hydrogen-bond donors (Lipinski definition) is 2. The van der Waals surface area contributed by atoms with Crippen LogP contribution in [0, 0.1) is 0 Å². The van der Waals surface area contributed by atoms with Crippen molar-refractivity contribution in [3.8, 4) is 11.4 Å². The van der Waals surface area contributed by atoms with E-state index in [1.54, 1.807) is 32.3 Å². The number of anilines is 1. The molecule has 2 heterocycles. The normalized spacial score (nSPS) is 11.8. The van der Waals surface area contributed by atoms with Crippen molar-refractivity contribution < 1.29 is 23.1 Å². The first-order chi connectivity index (χ1) is 14.6. The highest BCUT2D eigenvalue weighted by Crippen LogP contribution is 2.34. The summed E-state index contributed by atoms with van der Waals surface area (Å²) in [6, 6.07) is 9.46. The highest BCUT2D eigenvalue weighted by atomic mass is 19.4. The van der Waals surface area contributed by atoms with Gasteiger partial charge in [-0.3, -0.25) is 13.9 Å². The van der Waals surface area contributed by atoms with E-state index >= 15 is 0 Å². The lowest BCUT2D eigenvalue weighted by Gasteiger charge is -2.12. The largest absolute Gasteiger partial charge is 0.504 e. The number of nitrogens with one attached hydrogen (secondary N) is 1. The molecule has 0 bridgehead atoms. The molecule has 0 atom stereocenters. The van der Waals surface area contributed by atoms with Crippen molar-refractivity contribution in [2.24, 2.45) is 14.1 Å². The Bertz CT molecular complexity index is 1380. The van der Waals surface area contributed by atoms with Crippen molar-refractivity contribution >= 4 is 22.6 Å². The molecule has 4 aromatic rings. The number of para-hydroxylation sites is 1. The third kappa shape index (κ3) is 3.43. The molecule has 0 aliphatic carbocycles. The van der Waals surface area contributed by atoms with Crippen molar-refractivity contribution in [2.75, 3.05) is 5.32 Å². The van der Waals surface area contributed by atoms with Crippen molar-refractivity contribution in [3.05, 3.63) is 70.4 Å². The fraction of sp³-hybridized carbons (Fsp3) is 0.150. The molecule has 2 aromatic carbocycles. The number of fused-ring (bicyclic) bond motifs is 1. The highest BCUT2D eigenvalue weighted by Gasteiger charge is 2.34. The monoisotopic (exact) mass is 431 g/mol. The van der Waals surface area contributed by atoms with Crippen molar-refractivity contribution in [3.63, 3.8) is 0 Å². The Kier molecular flexibility index (Phi) is 4.60. The molecule has 0 spiro atoms. The van der Waals surface area contributed by atoms with Gasteiger partial charge in [0.2, 0.25) is 0 Å². The van der Waals surface area contributed by atoms with E-state index in [9.17, 15) is 27.9 Å². The van der Waals surface area contributed by atoms with Gasteiger partial charge in [0.25, 0.3) is 5.91 Å². The molecule has 2 N–H and O–H groups in total. The van der Waals surface area contributed by atoms with Crippen LogP contribution in [-0.4, -0.2) is 29.9 Å². The number of aromatic hydroxyl groups is 1. The van der Waals surface area contributed by atoms with Crippen LogP contribution in [0.25, 0.3) is 16.7 Å². The standard InChI is InChI=1S/C20H16F3N5O3/c1-26-14-8-7-11(9-15(14)27(2)19(26)31)24-18(30)17-16(29)10-28(25-17)13-6-4-3-5-12(13)20(21,22)23/h3-10,29H,1-2H3,(H,24,30). The number of carbonyl (C=O) groups excluding carboxylic acids is 1. The smallest absolute Gasteiger partial charge is 0.418 e. The zero-order chi connectivity index (χ0) is 22.5. The first-order valence-electron chi connectivity index (χ1n) is 9.00. The van der Waals surface area contributed by atoms with E-state index in [1.165, 1.54) is 27.3 Å². The van der Waals surface area contributed by atoms with Gasteiger partial charge in [-0.25, -0.2) is 9.48 Å². The van der Waals surface area contributed by atoms with E-state index in [2.05, 4.69) is 10.4 Å². The molecular weight excluding hydrogens is 415 g/mol. The second kappa shape index (κ2) is 7.04. The summed E-state index contributed by atoms with van der Waals surface area (Å²) >= 11 is 0. The van der Waals surface area contributed by atoms with Crippen LogP contribution in [0.3, 0.4) is 0 Å². The third-order valence-electron chi connectivity index (χ3n) is 4.90. The molecular formula is C20H16F3N5O3. The van der Waals surface area contributed by atoms with E-state index in [-0.39, 0.29) is 11.4 Å². The van der Waals surface area contributed by atoms with Gasteiger partial charge in [-0.15, -0.1) is 0 Å². The lowest BCUT2D eigenvalue weighted by Crippen LogP contribution is -2.19. The van der Waals surface area contributed by atoms with E-state index in [1.807, 2.05) is 0 Å². The first-order valence-corrected chi connectivity index (χ1v) is 9.00. The van der Waals surface area contributed by atoms with Gasteiger partial charge in [0, 0.05) is 19.8 Å². The predicted molar refractivity (Wildman–Crippen MR) is 106 cm³/mol. The fourth-order valence-corrected chi connectivity index (χ4v) is 3.34. The van der Waals surface area contributed by atoms with Crippen molar-refractivity contribution in [2.45, 2.75) is 6.18 Å². The highest BCUT2D eigenvalue weighted by molar-refractivity contribution is 6.05. The summed E-state index contributed by atoms with van der Waals surface area (Å²) in [6.45, 7) is 0. The van der Waals surface area contributed by atoms with Crippen LogP contribution >= 0.6 is 0 Å². The van der Waals surface area contributed by atoms with Crippen LogP contribution in [0.4, 0.5) is 18.9 Å². The summed E-state index contributed by atoms with van der Waals surface area (Å²) in [5.41, 5.74) is -0.425. The van der Waals surface area contributed by atoms with Gasteiger partial charge in [0.1, 0.15) is 0 Å². The van der Waals surface area contributed by atoms with Gasteiger partial charge in [-0.1, -0.05) is 12.1 Å². The average molecular weight is 431 g/mol. The van der Waals surface area contributed by atoms with E-state index in [4.69, 9.17) is 0 Å². The molecule has 4 rings (SSSR count). The second-order valence-corrected chi connectivity index (χ2v) is 6.88. The Morgan fingerprint density at radius 2 is 1.74 bits per heavy atom. The van der Waals surface area contributed by atoms with Crippen molar-refractivity contribution in [1.82, 2.24) is 18.9 Å². The molecule has 8 nitrogen and oxygen atoms in total. The third-order valence-corrected chi connectivity index (χ3v) is 4.90. The summed E-state index contributed by atoms with van der Waals surface area (Å²) in [5, 5.41) is 16.5. The number of hydrogen-bond acceptors (Lipinski definition) is 4.